The number of nitro groups is 1. The first-order valence-electron chi connectivity index (χ1n) is 4.84. The van der Waals surface area contributed by atoms with Gasteiger partial charge < -0.3 is 5.32 Å². The van der Waals surface area contributed by atoms with Crippen LogP contribution in [0.15, 0.2) is 22.7 Å². The Morgan fingerprint density at radius 3 is 2.87 bits per heavy atom. The monoisotopic (exact) mass is 270 g/mol. The van der Waals surface area contributed by atoms with Crippen LogP contribution < -0.4 is 5.32 Å². The van der Waals surface area contributed by atoms with E-state index in [9.17, 15) is 10.1 Å². The Hall–Kier alpha value is -1.10. The van der Waals surface area contributed by atoms with Crippen molar-refractivity contribution in [1.29, 1.82) is 0 Å². The van der Waals surface area contributed by atoms with Gasteiger partial charge in [-0.3, -0.25) is 10.1 Å². The molecule has 15 heavy (non-hydrogen) atoms. The van der Waals surface area contributed by atoms with Gasteiger partial charge >= 0.3 is 0 Å². The third-order valence-corrected chi connectivity index (χ3v) is 3.13. The Bertz CT molecular complexity index is 391. The van der Waals surface area contributed by atoms with Crippen LogP contribution in [0, 0.1) is 16.0 Å². The molecule has 0 unspecified atom stereocenters. The predicted molar refractivity (Wildman–Crippen MR) is 62.0 cm³/mol. The Morgan fingerprint density at radius 2 is 2.27 bits per heavy atom. The van der Waals surface area contributed by atoms with E-state index in [-0.39, 0.29) is 10.6 Å². The molecule has 5 heteroatoms. The molecule has 0 aliphatic heterocycles. The first kappa shape index (κ1) is 10.4. The highest BCUT2D eigenvalue weighted by molar-refractivity contribution is 9.10. The van der Waals surface area contributed by atoms with Crippen molar-refractivity contribution < 1.29 is 4.92 Å². The normalized spacial score (nSPS) is 15.0. The van der Waals surface area contributed by atoms with E-state index in [1.807, 2.05) is 0 Å². The zero-order valence-corrected chi connectivity index (χ0v) is 9.66. The van der Waals surface area contributed by atoms with Gasteiger partial charge in [0.25, 0.3) is 5.69 Å². The molecule has 1 aromatic carbocycles. The van der Waals surface area contributed by atoms with Crippen LogP contribution in [0.5, 0.6) is 0 Å². The first-order chi connectivity index (χ1) is 7.16. The fourth-order valence-corrected chi connectivity index (χ4v) is 1.73. The smallest absolute Gasteiger partial charge is 0.271 e. The second-order valence-corrected chi connectivity index (χ2v) is 4.60. The van der Waals surface area contributed by atoms with Gasteiger partial charge in [0.1, 0.15) is 0 Å². The summed E-state index contributed by atoms with van der Waals surface area (Å²) in [5.74, 6) is 0.746. The highest BCUT2D eigenvalue weighted by Gasteiger charge is 2.21. The molecular formula is C10H11BrN2O2. The van der Waals surface area contributed by atoms with Gasteiger partial charge in [-0.05, 0) is 40.8 Å². The molecule has 1 aromatic rings. The van der Waals surface area contributed by atoms with Gasteiger partial charge in [-0.25, -0.2) is 0 Å². The maximum atomic E-state index is 10.6. The van der Waals surface area contributed by atoms with Crippen LogP contribution in [-0.2, 0) is 0 Å². The number of anilines is 1. The molecule has 4 nitrogen and oxygen atoms in total. The largest absolute Gasteiger partial charge is 0.384 e. The van der Waals surface area contributed by atoms with Gasteiger partial charge in [-0.1, -0.05) is 0 Å². The molecule has 1 N–H and O–H groups in total. The summed E-state index contributed by atoms with van der Waals surface area (Å²) >= 11 is 3.36. The minimum atomic E-state index is -0.380. The molecule has 0 aromatic heterocycles. The highest BCUT2D eigenvalue weighted by Crippen LogP contribution is 2.31. The van der Waals surface area contributed by atoms with E-state index in [0.717, 1.165) is 22.6 Å². The number of nitrogens with one attached hydrogen (secondary N) is 1. The van der Waals surface area contributed by atoms with Crippen LogP contribution in [0.25, 0.3) is 0 Å². The van der Waals surface area contributed by atoms with Crippen LogP contribution in [0.2, 0.25) is 0 Å². The van der Waals surface area contributed by atoms with Gasteiger partial charge in [0.05, 0.1) is 10.6 Å². The first-order valence-corrected chi connectivity index (χ1v) is 5.64. The highest BCUT2D eigenvalue weighted by atomic mass is 79.9. The van der Waals surface area contributed by atoms with Crippen LogP contribution in [-0.4, -0.2) is 11.5 Å². The number of rotatable bonds is 4. The van der Waals surface area contributed by atoms with Crippen molar-refractivity contribution in [2.45, 2.75) is 12.8 Å². The summed E-state index contributed by atoms with van der Waals surface area (Å²) in [5.41, 5.74) is 0.924. The molecule has 1 saturated carbocycles. The van der Waals surface area contributed by atoms with Crippen LogP contribution in [0.4, 0.5) is 11.4 Å². The lowest BCUT2D eigenvalue weighted by molar-refractivity contribution is -0.384. The molecule has 0 saturated heterocycles. The van der Waals surface area contributed by atoms with Crippen molar-refractivity contribution in [3.8, 4) is 0 Å². The van der Waals surface area contributed by atoms with Crippen molar-refractivity contribution in [3.05, 3.63) is 32.8 Å². The number of nitro benzene ring substituents is 1. The quantitative estimate of drug-likeness (QED) is 0.675. The predicted octanol–water partition coefficient (Wildman–Crippen LogP) is 3.18. The number of nitrogens with zero attached hydrogens (tertiary/aromatic N) is 1. The lowest BCUT2D eigenvalue weighted by atomic mass is 10.2. The molecule has 0 amide bonds. The van der Waals surface area contributed by atoms with E-state index in [2.05, 4.69) is 21.2 Å². The SMILES string of the molecule is O=[N+]([O-])c1ccc(Br)c(NCC2CC2)c1. The van der Waals surface area contributed by atoms with Crippen molar-refractivity contribution >= 4 is 27.3 Å². The lowest BCUT2D eigenvalue weighted by Gasteiger charge is -2.07. The summed E-state index contributed by atoms with van der Waals surface area (Å²) in [6, 6.07) is 4.76. The van der Waals surface area contributed by atoms with Crippen LogP contribution in [0.3, 0.4) is 0 Å². The van der Waals surface area contributed by atoms with Crippen LogP contribution in [0.1, 0.15) is 12.8 Å². The third-order valence-electron chi connectivity index (χ3n) is 2.44. The molecule has 2 rings (SSSR count). The summed E-state index contributed by atoms with van der Waals surface area (Å²) < 4.78 is 0.869. The van der Waals surface area contributed by atoms with Gasteiger partial charge in [-0.15, -0.1) is 0 Å². The van der Waals surface area contributed by atoms with Crippen molar-refractivity contribution in [2.24, 2.45) is 5.92 Å². The van der Waals surface area contributed by atoms with E-state index in [0.29, 0.717) is 0 Å². The Balaban J connectivity index is 2.12. The van der Waals surface area contributed by atoms with Crippen LogP contribution >= 0.6 is 15.9 Å². The van der Waals surface area contributed by atoms with Crippen molar-refractivity contribution in [3.63, 3.8) is 0 Å². The van der Waals surface area contributed by atoms with Gasteiger partial charge in [-0.2, -0.15) is 0 Å². The Labute approximate surface area is 96.0 Å². The minimum absolute atomic E-state index is 0.122. The van der Waals surface area contributed by atoms with Gasteiger partial charge in [0, 0.05) is 23.2 Å². The fraction of sp³-hybridized carbons (Fsp3) is 0.400. The maximum absolute atomic E-state index is 10.6. The summed E-state index contributed by atoms with van der Waals surface area (Å²) in [6.07, 6.45) is 2.53. The van der Waals surface area contributed by atoms with E-state index < -0.39 is 0 Å². The lowest BCUT2D eigenvalue weighted by Crippen LogP contribution is -2.04. The number of halogens is 1. The molecule has 0 bridgehead atoms. The average Bonchev–Trinajstić information content (AvgIpc) is 3.00. The van der Waals surface area contributed by atoms with Crippen molar-refractivity contribution in [1.82, 2.24) is 0 Å². The topological polar surface area (TPSA) is 55.2 Å². The summed E-state index contributed by atoms with van der Waals surface area (Å²) in [6.45, 7) is 0.903. The molecule has 0 heterocycles. The molecule has 0 radical (unpaired) electrons. The molecule has 1 aliphatic rings. The van der Waals surface area contributed by atoms with Crippen molar-refractivity contribution in [2.75, 3.05) is 11.9 Å². The van der Waals surface area contributed by atoms with E-state index in [4.69, 9.17) is 0 Å². The molecule has 80 valence electrons. The molecule has 1 fully saturated rings. The number of benzene rings is 1. The zero-order valence-electron chi connectivity index (χ0n) is 8.07. The second kappa shape index (κ2) is 4.18. The zero-order chi connectivity index (χ0) is 10.8. The molecule has 0 atom stereocenters. The van der Waals surface area contributed by atoms with Gasteiger partial charge in [0.15, 0.2) is 0 Å². The number of hydrogen-bond acceptors (Lipinski definition) is 3. The van der Waals surface area contributed by atoms with Gasteiger partial charge in [0.2, 0.25) is 0 Å². The average molecular weight is 271 g/mol. The molecule has 0 spiro atoms. The molecular weight excluding hydrogens is 260 g/mol. The Kier molecular flexibility index (Phi) is 2.90. The number of hydrogen-bond donors (Lipinski definition) is 1. The van der Waals surface area contributed by atoms with E-state index in [1.165, 1.54) is 18.9 Å². The second-order valence-electron chi connectivity index (χ2n) is 3.75. The third kappa shape index (κ3) is 2.68. The summed E-state index contributed by atoms with van der Waals surface area (Å²) in [7, 11) is 0. The minimum Gasteiger partial charge on any atom is -0.384 e. The maximum Gasteiger partial charge on any atom is 0.271 e. The Morgan fingerprint density at radius 1 is 1.53 bits per heavy atom. The van der Waals surface area contributed by atoms with E-state index in [1.54, 1.807) is 12.1 Å². The summed E-state index contributed by atoms with van der Waals surface area (Å²) in [5, 5.41) is 13.8. The van der Waals surface area contributed by atoms with E-state index >= 15 is 0 Å². The summed E-state index contributed by atoms with van der Waals surface area (Å²) in [4.78, 5) is 10.2. The number of non-ortho nitro benzene ring substituents is 1. The molecule has 1 aliphatic carbocycles. The standard InChI is InChI=1S/C10H11BrN2O2/c11-9-4-3-8(13(14)15)5-10(9)12-6-7-1-2-7/h3-5,7,12H,1-2,6H2. The fourth-order valence-electron chi connectivity index (χ4n) is 1.34.